The number of piperazine rings is 1. The molecule has 0 saturated carbocycles. The number of rotatable bonds is 3. The molecule has 2 aliphatic heterocycles. The van der Waals surface area contributed by atoms with Gasteiger partial charge in [0.2, 0.25) is 0 Å². The van der Waals surface area contributed by atoms with Crippen molar-refractivity contribution >= 4 is 45.4 Å². The summed E-state index contributed by atoms with van der Waals surface area (Å²) in [6.45, 7) is 6.51. The van der Waals surface area contributed by atoms with Crippen LogP contribution < -0.4 is 9.80 Å². The zero-order chi connectivity index (χ0) is 20.5. The van der Waals surface area contributed by atoms with E-state index in [9.17, 15) is 4.79 Å². The van der Waals surface area contributed by atoms with Crippen LogP contribution in [-0.4, -0.2) is 48.8 Å². The van der Waals surface area contributed by atoms with Gasteiger partial charge >= 0.3 is 0 Å². The lowest BCUT2D eigenvalue weighted by atomic mass is 10.2. The van der Waals surface area contributed by atoms with Gasteiger partial charge in [0, 0.05) is 48.6 Å². The lowest BCUT2D eigenvalue weighted by molar-refractivity contribution is 0.0751. The summed E-state index contributed by atoms with van der Waals surface area (Å²) in [7, 11) is 0. The molecule has 5 rings (SSSR count). The molecule has 0 bridgehead atoms. The molecule has 0 N–H and O–H groups in total. The molecule has 4 nitrogen and oxygen atoms in total. The highest BCUT2D eigenvalue weighted by atomic mass is 32.2. The van der Waals surface area contributed by atoms with E-state index in [1.165, 1.54) is 16.3 Å². The molecule has 1 atom stereocenters. The van der Waals surface area contributed by atoms with Gasteiger partial charge in [-0.25, -0.2) is 0 Å². The highest BCUT2D eigenvalue weighted by molar-refractivity contribution is 8.00. The van der Waals surface area contributed by atoms with Crippen molar-refractivity contribution in [2.24, 2.45) is 0 Å². The Hall–Kier alpha value is -2.44. The normalized spacial score (nSPS) is 19.0. The van der Waals surface area contributed by atoms with Crippen LogP contribution >= 0.6 is 23.1 Å². The molecule has 0 spiro atoms. The summed E-state index contributed by atoms with van der Waals surface area (Å²) in [5.74, 6) is 0.159. The van der Waals surface area contributed by atoms with Crippen LogP contribution in [0.1, 0.15) is 16.6 Å². The van der Waals surface area contributed by atoms with Crippen molar-refractivity contribution in [1.82, 2.24) is 4.90 Å². The monoisotopic (exact) mass is 435 g/mol. The standard InChI is InChI=1S/C24H25N3OS2/c1-18-17-27(20-9-5-6-10-21(20)29-18)23-12-11-22(30-23)24(28)26-15-13-25(14-16-26)19-7-3-2-4-8-19/h2-12,18H,13-17H2,1H3/t18-/m0/s1. The number of nitrogens with zero attached hydrogens (tertiary/aromatic N) is 3. The Kier molecular flexibility index (Phi) is 5.44. The third-order valence-corrected chi connectivity index (χ3v) is 7.93. The first-order valence-corrected chi connectivity index (χ1v) is 12.1. The number of amides is 1. The second kappa shape index (κ2) is 8.36. The fourth-order valence-electron chi connectivity index (χ4n) is 4.15. The van der Waals surface area contributed by atoms with E-state index in [4.69, 9.17) is 0 Å². The Labute approximate surface area is 186 Å². The van der Waals surface area contributed by atoms with Crippen LogP contribution in [0.2, 0.25) is 0 Å². The van der Waals surface area contributed by atoms with E-state index < -0.39 is 0 Å². The van der Waals surface area contributed by atoms with Gasteiger partial charge in [0.05, 0.1) is 15.6 Å². The maximum Gasteiger partial charge on any atom is 0.264 e. The van der Waals surface area contributed by atoms with Gasteiger partial charge in [0.25, 0.3) is 5.91 Å². The van der Waals surface area contributed by atoms with Crippen molar-refractivity contribution in [3.8, 4) is 0 Å². The average Bonchev–Trinajstić information content (AvgIpc) is 3.29. The predicted molar refractivity (Wildman–Crippen MR) is 128 cm³/mol. The van der Waals surface area contributed by atoms with Gasteiger partial charge in [0.1, 0.15) is 0 Å². The van der Waals surface area contributed by atoms with E-state index in [2.05, 4.69) is 71.3 Å². The maximum absolute atomic E-state index is 13.1. The van der Waals surface area contributed by atoms with Gasteiger partial charge < -0.3 is 14.7 Å². The lowest BCUT2D eigenvalue weighted by Gasteiger charge is -2.36. The number of para-hydroxylation sites is 2. The van der Waals surface area contributed by atoms with E-state index in [-0.39, 0.29) is 5.91 Å². The first kappa shape index (κ1) is 19.5. The number of anilines is 3. The molecule has 1 saturated heterocycles. The van der Waals surface area contributed by atoms with Crippen LogP contribution in [0.5, 0.6) is 0 Å². The Balaban J connectivity index is 1.29. The molecule has 0 unspecified atom stereocenters. The summed E-state index contributed by atoms with van der Waals surface area (Å²) in [5.41, 5.74) is 2.48. The molecule has 0 radical (unpaired) electrons. The van der Waals surface area contributed by atoms with E-state index in [1.54, 1.807) is 11.3 Å². The van der Waals surface area contributed by atoms with Crippen molar-refractivity contribution < 1.29 is 4.79 Å². The molecule has 1 amide bonds. The minimum absolute atomic E-state index is 0.159. The summed E-state index contributed by atoms with van der Waals surface area (Å²) in [5, 5.41) is 1.67. The Morgan fingerprint density at radius 1 is 0.900 bits per heavy atom. The van der Waals surface area contributed by atoms with Crippen LogP contribution in [0.3, 0.4) is 0 Å². The van der Waals surface area contributed by atoms with Crippen LogP contribution in [0.15, 0.2) is 71.6 Å². The number of hydrogen-bond donors (Lipinski definition) is 0. The van der Waals surface area contributed by atoms with E-state index in [1.807, 2.05) is 28.8 Å². The molecule has 1 aromatic heterocycles. The van der Waals surface area contributed by atoms with Gasteiger partial charge in [-0.2, -0.15) is 0 Å². The number of thiophene rings is 1. The SMILES string of the molecule is C[C@H]1CN(c2ccc(C(=O)N3CCN(c4ccccc4)CC3)s2)c2ccccc2S1. The molecule has 30 heavy (non-hydrogen) atoms. The van der Waals surface area contributed by atoms with Crippen molar-refractivity contribution in [2.75, 3.05) is 42.5 Å². The van der Waals surface area contributed by atoms with Crippen molar-refractivity contribution in [3.05, 3.63) is 71.6 Å². The largest absolute Gasteiger partial charge is 0.368 e. The van der Waals surface area contributed by atoms with Crippen LogP contribution in [0.25, 0.3) is 0 Å². The third-order valence-electron chi connectivity index (χ3n) is 5.68. The number of carbonyl (C=O) groups excluding carboxylic acids is 1. The van der Waals surface area contributed by atoms with Gasteiger partial charge in [-0.05, 0) is 36.4 Å². The topological polar surface area (TPSA) is 26.8 Å². The summed E-state index contributed by atoms with van der Waals surface area (Å²) < 4.78 is 0. The van der Waals surface area contributed by atoms with Crippen molar-refractivity contribution in [2.45, 2.75) is 17.1 Å². The second-order valence-corrected chi connectivity index (χ2v) is 10.3. The van der Waals surface area contributed by atoms with Crippen molar-refractivity contribution in [1.29, 1.82) is 0 Å². The molecule has 3 heterocycles. The first-order valence-electron chi connectivity index (χ1n) is 10.4. The zero-order valence-electron chi connectivity index (χ0n) is 17.0. The summed E-state index contributed by atoms with van der Waals surface area (Å²) in [4.78, 5) is 22.0. The molecule has 6 heteroatoms. The van der Waals surface area contributed by atoms with Crippen LogP contribution in [-0.2, 0) is 0 Å². The molecular formula is C24H25N3OS2. The fourth-order valence-corrected chi connectivity index (χ4v) is 6.26. The lowest BCUT2D eigenvalue weighted by Crippen LogP contribution is -2.48. The average molecular weight is 436 g/mol. The Morgan fingerprint density at radius 2 is 1.63 bits per heavy atom. The summed E-state index contributed by atoms with van der Waals surface area (Å²) >= 11 is 3.54. The van der Waals surface area contributed by atoms with Crippen LogP contribution in [0.4, 0.5) is 16.4 Å². The predicted octanol–water partition coefficient (Wildman–Crippen LogP) is 5.34. The fraction of sp³-hybridized carbons (Fsp3) is 0.292. The van der Waals surface area contributed by atoms with E-state index in [0.717, 1.165) is 42.6 Å². The molecule has 1 fully saturated rings. The van der Waals surface area contributed by atoms with E-state index in [0.29, 0.717) is 5.25 Å². The number of benzene rings is 2. The van der Waals surface area contributed by atoms with Crippen LogP contribution in [0, 0.1) is 0 Å². The maximum atomic E-state index is 13.1. The molecule has 3 aromatic rings. The van der Waals surface area contributed by atoms with Crippen molar-refractivity contribution in [3.63, 3.8) is 0 Å². The highest BCUT2D eigenvalue weighted by Crippen LogP contribution is 2.43. The Bertz CT molecular complexity index is 1030. The number of fused-ring (bicyclic) bond motifs is 1. The van der Waals surface area contributed by atoms with Gasteiger partial charge in [-0.15, -0.1) is 23.1 Å². The minimum atomic E-state index is 0.159. The zero-order valence-corrected chi connectivity index (χ0v) is 18.7. The third kappa shape index (κ3) is 3.82. The summed E-state index contributed by atoms with van der Waals surface area (Å²) in [6.07, 6.45) is 0. The van der Waals surface area contributed by atoms with Gasteiger partial charge in [-0.1, -0.05) is 37.3 Å². The Morgan fingerprint density at radius 3 is 2.43 bits per heavy atom. The molecule has 154 valence electrons. The molecule has 0 aliphatic carbocycles. The van der Waals surface area contributed by atoms with Gasteiger partial charge in [0.15, 0.2) is 0 Å². The number of thioether (sulfide) groups is 1. The highest BCUT2D eigenvalue weighted by Gasteiger charge is 2.27. The number of carbonyl (C=O) groups is 1. The smallest absolute Gasteiger partial charge is 0.264 e. The minimum Gasteiger partial charge on any atom is -0.368 e. The quantitative estimate of drug-likeness (QED) is 0.555. The summed E-state index contributed by atoms with van der Waals surface area (Å²) in [6, 6.07) is 23.1. The first-order chi connectivity index (χ1) is 14.7. The molecular weight excluding hydrogens is 410 g/mol. The molecule has 2 aliphatic rings. The number of hydrogen-bond acceptors (Lipinski definition) is 5. The van der Waals surface area contributed by atoms with E-state index >= 15 is 0 Å². The molecule has 2 aromatic carbocycles. The van der Waals surface area contributed by atoms with Gasteiger partial charge in [-0.3, -0.25) is 4.79 Å². The second-order valence-electron chi connectivity index (χ2n) is 7.76.